The Morgan fingerprint density at radius 2 is 1.76 bits per heavy atom. The van der Waals surface area contributed by atoms with Crippen molar-refractivity contribution >= 4 is 34.6 Å². The summed E-state index contributed by atoms with van der Waals surface area (Å²) in [5.74, 6) is -0.581. The van der Waals surface area contributed by atoms with Gasteiger partial charge in [-0.3, -0.25) is 0 Å². The van der Waals surface area contributed by atoms with Crippen LogP contribution in [0.15, 0.2) is 90.5 Å². The molecule has 15 heteroatoms. The summed E-state index contributed by atoms with van der Waals surface area (Å²) in [7, 11) is 0. The first-order chi connectivity index (χ1) is 24.2. The molecule has 2 aliphatic rings. The van der Waals surface area contributed by atoms with E-state index in [1.807, 2.05) is 62.4 Å². The van der Waals surface area contributed by atoms with E-state index in [1.54, 1.807) is 40.1 Å². The van der Waals surface area contributed by atoms with Crippen LogP contribution in [0, 0.1) is 5.21 Å². The maximum Gasteiger partial charge on any atom is 0.350 e. The Hall–Kier alpha value is -4.24. The molecule has 0 bridgehead atoms. The van der Waals surface area contributed by atoms with Gasteiger partial charge in [-0.1, -0.05) is 36.2 Å². The van der Waals surface area contributed by atoms with Gasteiger partial charge in [0.1, 0.15) is 62.8 Å². The lowest BCUT2D eigenvalue weighted by Gasteiger charge is -2.48. The lowest BCUT2D eigenvalue weighted by Crippen LogP contribution is -2.57. The second-order valence-corrected chi connectivity index (χ2v) is 13.5. The number of aromatic nitrogens is 6. The summed E-state index contributed by atoms with van der Waals surface area (Å²) in [6.07, 6.45) is 5.02. The van der Waals surface area contributed by atoms with Gasteiger partial charge in [-0.15, -0.1) is 0 Å². The lowest BCUT2D eigenvalue weighted by atomic mass is 10.1. The Morgan fingerprint density at radius 1 is 1.02 bits per heavy atom. The van der Waals surface area contributed by atoms with Crippen LogP contribution in [0.4, 0.5) is 11.4 Å². The zero-order valence-electron chi connectivity index (χ0n) is 27.8. The van der Waals surface area contributed by atoms with Crippen molar-refractivity contribution in [3.8, 4) is 11.4 Å². The number of nitrogens with zero attached hydrogens (tertiary/aromatic N) is 8. The summed E-state index contributed by atoms with van der Waals surface area (Å²) in [5, 5.41) is 23.3. The molecule has 0 radical (unpaired) electrons. The maximum atomic E-state index is 13.9. The number of benzene rings is 3. The van der Waals surface area contributed by atoms with Crippen molar-refractivity contribution in [3.05, 3.63) is 117 Å². The van der Waals surface area contributed by atoms with Gasteiger partial charge in [0.15, 0.2) is 0 Å². The van der Waals surface area contributed by atoms with Crippen molar-refractivity contribution in [1.29, 1.82) is 0 Å². The van der Waals surface area contributed by atoms with E-state index in [1.165, 1.54) is 11.0 Å². The van der Waals surface area contributed by atoms with Crippen LogP contribution in [0.1, 0.15) is 31.9 Å². The van der Waals surface area contributed by atoms with Crippen LogP contribution < -0.4 is 20.0 Å². The molecule has 4 heterocycles. The molecule has 2 saturated heterocycles. The SMILES string of the molecule is CCC(C)n1ncn(-c2ccc(N3CC[N+]([O-])(c4ccc(OCC5COC(Cn6cncn6)(c6ccc(Cl)cc6Cl)O5)cc4)CC3)cc2)c1=O. The molecule has 3 aromatic carbocycles. The van der Waals surface area contributed by atoms with Gasteiger partial charge in [-0.2, -0.15) is 10.2 Å². The molecule has 50 heavy (non-hydrogen) atoms. The van der Waals surface area contributed by atoms with Crippen LogP contribution in [-0.4, -0.2) is 74.6 Å². The van der Waals surface area contributed by atoms with Gasteiger partial charge >= 0.3 is 5.69 Å². The average molecular weight is 722 g/mol. The highest BCUT2D eigenvalue weighted by Gasteiger charge is 2.45. The number of rotatable bonds is 11. The van der Waals surface area contributed by atoms with Gasteiger partial charge in [-0.25, -0.2) is 23.7 Å². The van der Waals surface area contributed by atoms with Crippen molar-refractivity contribution in [3.63, 3.8) is 0 Å². The molecule has 13 nitrogen and oxygen atoms in total. The molecule has 0 aliphatic carbocycles. The third-order valence-electron chi connectivity index (χ3n) is 9.44. The van der Waals surface area contributed by atoms with E-state index in [9.17, 15) is 10.0 Å². The van der Waals surface area contributed by atoms with Crippen molar-refractivity contribution in [2.24, 2.45) is 0 Å². The molecule has 0 saturated carbocycles. The first-order valence-corrected chi connectivity index (χ1v) is 17.3. The third kappa shape index (κ3) is 6.89. The number of anilines is 1. The highest BCUT2D eigenvalue weighted by Crippen LogP contribution is 2.40. The summed E-state index contributed by atoms with van der Waals surface area (Å²) in [4.78, 5) is 19.0. The van der Waals surface area contributed by atoms with Crippen molar-refractivity contribution < 1.29 is 14.2 Å². The smallest absolute Gasteiger partial charge is 0.350 e. The monoisotopic (exact) mass is 720 g/mol. The minimum Gasteiger partial charge on any atom is -0.627 e. The van der Waals surface area contributed by atoms with Crippen LogP contribution in [0.3, 0.4) is 0 Å². The lowest BCUT2D eigenvalue weighted by molar-refractivity contribution is -0.190. The fourth-order valence-electron chi connectivity index (χ4n) is 6.38. The van der Waals surface area contributed by atoms with Crippen LogP contribution in [0.5, 0.6) is 5.75 Å². The number of piperazine rings is 1. The second-order valence-electron chi connectivity index (χ2n) is 12.7. The highest BCUT2D eigenvalue weighted by atomic mass is 35.5. The first kappa shape index (κ1) is 34.2. The number of ether oxygens (including phenoxy) is 3. The number of quaternary nitrogens is 1. The van der Waals surface area contributed by atoms with E-state index >= 15 is 0 Å². The van der Waals surface area contributed by atoms with Crippen molar-refractivity contribution in [1.82, 2.24) is 33.8 Å². The topological polar surface area (TPSA) is 125 Å². The van der Waals surface area contributed by atoms with Crippen LogP contribution in [-0.2, 0) is 21.8 Å². The Labute approximate surface area is 299 Å². The second kappa shape index (κ2) is 14.2. The molecule has 0 N–H and O–H groups in total. The normalized spacial score (nSPS) is 21.0. The zero-order chi connectivity index (χ0) is 34.9. The number of halogens is 2. The van der Waals surface area contributed by atoms with Crippen molar-refractivity contribution in [2.45, 2.75) is 44.7 Å². The predicted molar refractivity (Wildman–Crippen MR) is 191 cm³/mol. The van der Waals surface area contributed by atoms with Crippen LogP contribution >= 0.6 is 23.2 Å². The van der Waals surface area contributed by atoms with E-state index < -0.39 is 16.5 Å². The molecule has 3 atom stereocenters. The Bertz CT molecular complexity index is 1960. The molecular weight excluding hydrogens is 683 g/mol. The summed E-state index contributed by atoms with van der Waals surface area (Å²) in [6.45, 7) is 6.73. The molecule has 2 fully saturated rings. The third-order valence-corrected chi connectivity index (χ3v) is 9.99. The summed E-state index contributed by atoms with van der Waals surface area (Å²) in [5.41, 5.74) is 2.92. The van der Waals surface area contributed by atoms with Gasteiger partial charge in [0.05, 0.1) is 36.4 Å². The van der Waals surface area contributed by atoms with Gasteiger partial charge < -0.3 is 29.0 Å². The fourth-order valence-corrected chi connectivity index (χ4v) is 6.94. The predicted octanol–water partition coefficient (Wildman–Crippen LogP) is 5.58. The first-order valence-electron chi connectivity index (χ1n) is 16.6. The van der Waals surface area contributed by atoms with Crippen molar-refractivity contribution in [2.75, 3.05) is 44.3 Å². The van der Waals surface area contributed by atoms with Gasteiger partial charge in [0.25, 0.3) is 0 Å². The largest absolute Gasteiger partial charge is 0.627 e. The molecule has 262 valence electrons. The van der Waals surface area contributed by atoms with Gasteiger partial charge in [-0.05, 0) is 61.9 Å². The van der Waals surface area contributed by atoms with E-state index in [0.29, 0.717) is 53.2 Å². The van der Waals surface area contributed by atoms with E-state index in [2.05, 4.69) is 20.1 Å². The number of hydrogen-bond donors (Lipinski definition) is 0. The van der Waals surface area contributed by atoms with Gasteiger partial charge in [0.2, 0.25) is 5.79 Å². The molecule has 7 rings (SSSR count). The van der Waals surface area contributed by atoms with E-state index in [0.717, 1.165) is 17.8 Å². The van der Waals surface area contributed by atoms with Crippen LogP contribution in [0.25, 0.3) is 5.69 Å². The van der Waals surface area contributed by atoms with E-state index in [-0.39, 0.29) is 31.5 Å². The standard InChI is InChI=1S/C35H38Cl2N8O5/c1-3-25(2)44-34(46)43(24-40-44)28-7-5-27(6-8-28)41-14-16-45(47,17-15-41)29-9-11-30(12-10-29)48-19-31-20-49-35(50-31,21-42-23-38-22-39-42)32-13-4-26(36)18-33(32)37/h4-13,18,22-25,31H,3,14-17,19-21H2,1-2H3. The molecule has 2 aliphatic heterocycles. The molecule has 0 spiro atoms. The number of hydroxylamine groups is 2. The Morgan fingerprint density at radius 3 is 2.44 bits per heavy atom. The Kier molecular flexibility index (Phi) is 9.70. The van der Waals surface area contributed by atoms with E-state index in [4.69, 9.17) is 37.4 Å². The molecule has 2 aromatic heterocycles. The highest BCUT2D eigenvalue weighted by molar-refractivity contribution is 6.35. The minimum atomic E-state index is -1.20. The summed E-state index contributed by atoms with van der Waals surface area (Å²) in [6, 6.07) is 20.3. The zero-order valence-corrected chi connectivity index (χ0v) is 29.3. The van der Waals surface area contributed by atoms with Gasteiger partial charge in [0, 0.05) is 28.4 Å². The molecule has 3 unspecified atom stereocenters. The fraction of sp³-hybridized carbons (Fsp3) is 0.371. The number of hydrogen-bond acceptors (Lipinski definition) is 9. The summed E-state index contributed by atoms with van der Waals surface area (Å²) < 4.78 is 23.0. The summed E-state index contributed by atoms with van der Waals surface area (Å²) >= 11 is 12.7. The molecular formula is C35H38Cl2N8O5. The Balaban J connectivity index is 0.947. The average Bonchev–Trinajstić information content (AvgIpc) is 3.89. The molecule has 5 aromatic rings. The molecule has 0 amide bonds. The minimum absolute atomic E-state index is 0.0344. The quantitative estimate of drug-likeness (QED) is 0.127. The maximum absolute atomic E-state index is 13.9. The van der Waals surface area contributed by atoms with Crippen LogP contribution in [0.2, 0.25) is 10.0 Å².